The second-order valence-electron chi connectivity index (χ2n) is 5.07. The Kier molecular flexibility index (Phi) is 4.00. The summed E-state index contributed by atoms with van der Waals surface area (Å²) < 4.78 is 5.67. The zero-order valence-electron chi connectivity index (χ0n) is 10.1. The first kappa shape index (κ1) is 11.4. The Bertz CT molecular complexity index is 182. The lowest BCUT2D eigenvalue weighted by atomic mass is 10.2. The van der Waals surface area contributed by atoms with Gasteiger partial charge >= 0.3 is 0 Å². The third kappa shape index (κ3) is 3.16. The number of rotatable bonds is 3. The summed E-state index contributed by atoms with van der Waals surface area (Å²) in [5, 5.41) is 0. The molecule has 15 heavy (non-hydrogen) atoms. The van der Waals surface area contributed by atoms with Gasteiger partial charge in [0, 0.05) is 45.4 Å². The molecule has 0 bridgehead atoms. The van der Waals surface area contributed by atoms with Crippen molar-refractivity contribution in [1.82, 2.24) is 9.80 Å². The van der Waals surface area contributed by atoms with E-state index in [4.69, 9.17) is 4.74 Å². The van der Waals surface area contributed by atoms with Crippen LogP contribution in [-0.2, 0) is 4.74 Å². The van der Waals surface area contributed by atoms with Crippen LogP contribution in [0.5, 0.6) is 0 Å². The summed E-state index contributed by atoms with van der Waals surface area (Å²) in [4.78, 5) is 5.13. The van der Waals surface area contributed by atoms with Gasteiger partial charge in [0.15, 0.2) is 0 Å². The molecule has 0 saturated carbocycles. The van der Waals surface area contributed by atoms with E-state index in [0.29, 0.717) is 12.1 Å². The molecule has 2 heterocycles. The Balaban J connectivity index is 1.68. The van der Waals surface area contributed by atoms with Crippen LogP contribution in [0.15, 0.2) is 0 Å². The van der Waals surface area contributed by atoms with E-state index >= 15 is 0 Å². The van der Waals surface area contributed by atoms with Gasteiger partial charge in [-0.1, -0.05) is 0 Å². The normalized spacial score (nSPS) is 30.2. The average molecular weight is 212 g/mol. The highest BCUT2D eigenvalue weighted by atomic mass is 16.5. The van der Waals surface area contributed by atoms with Crippen LogP contribution in [0.25, 0.3) is 0 Å². The van der Waals surface area contributed by atoms with Crippen molar-refractivity contribution < 1.29 is 4.74 Å². The van der Waals surface area contributed by atoms with Crippen LogP contribution in [0.2, 0.25) is 0 Å². The molecule has 3 heteroatoms. The number of piperazine rings is 1. The molecule has 0 aromatic carbocycles. The maximum Gasteiger partial charge on any atom is 0.0702 e. The third-order valence-electron chi connectivity index (χ3n) is 3.62. The van der Waals surface area contributed by atoms with Crippen molar-refractivity contribution in [3.8, 4) is 0 Å². The average Bonchev–Trinajstić information content (AvgIpc) is 2.71. The van der Waals surface area contributed by atoms with Gasteiger partial charge in [0.1, 0.15) is 0 Å². The number of nitrogens with zero attached hydrogens (tertiary/aromatic N) is 2. The molecule has 0 aromatic rings. The Morgan fingerprint density at radius 3 is 2.47 bits per heavy atom. The minimum absolute atomic E-state index is 0.524. The summed E-state index contributed by atoms with van der Waals surface area (Å²) in [6, 6.07) is 0.704. The first-order chi connectivity index (χ1) is 7.25. The molecular formula is C12H24N2O. The molecule has 2 fully saturated rings. The van der Waals surface area contributed by atoms with Crippen LogP contribution in [0.3, 0.4) is 0 Å². The van der Waals surface area contributed by atoms with Crippen LogP contribution in [-0.4, -0.2) is 61.3 Å². The summed E-state index contributed by atoms with van der Waals surface area (Å²) >= 11 is 0. The van der Waals surface area contributed by atoms with Gasteiger partial charge in [-0.05, 0) is 26.7 Å². The maximum absolute atomic E-state index is 5.67. The van der Waals surface area contributed by atoms with E-state index in [1.54, 1.807) is 0 Å². The van der Waals surface area contributed by atoms with Crippen LogP contribution < -0.4 is 0 Å². The van der Waals surface area contributed by atoms with Crippen molar-refractivity contribution in [3.05, 3.63) is 0 Å². The zero-order chi connectivity index (χ0) is 10.7. The molecule has 0 N–H and O–H groups in total. The molecule has 0 radical (unpaired) electrons. The zero-order valence-corrected chi connectivity index (χ0v) is 10.1. The second-order valence-corrected chi connectivity index (χ2v) is 5.07. The van der Waals surface area contributed by atoms with E-state index in [2.05, 4.69) is 23.6 Å². The lowest BCUT2D eigenvalue weighted by molar-refractivity contribution is 0.0440. The van der Waals surface area contributed by atoms with E-state index in [0.717, 1.165) is 13.2 Å². The van der Waals surface area contributed by atoms with Crippen molar-refractivity contribution in [3.63, 3.8) is 0 Å². The van der Waals surface area contributed by atoms with Gasteiger partial charge in [-0.25, -0.2) is 0 Å². The summed E-state index contributed by atoms with van der Waals surface area (Å²) in [6.45, 7) is 11.6. The number of hydrogen-bond donors (Lipinski definition) is 0. The fourth-order valence-corrected chi connectivity index (χ4v) is 2.54. The third-order valence-corrected chi connectivity index (χ3v) is 3.62. The molecule has 0 aromatic heterocycles. The summed E-state index contributed by atoms with van der Waals surface area (Å²) in [5.74, 6) is 0. The first-order valence-corrected chi connectivity index (χ1v) is 6.33. The van der Waals surface area contributed by atoms with E-state index in [-0.39, 0.29) is 0 Å². The smallest absolute Gasteiger partial charge is 0.0702 e. The Morgan fingerprint density at radius 2 is 1.93 bits per heavy atom. The van der Waals surface area contributed by atoms with Crippen LogP contribution in [0.1, 0.15) is 26.7 Å². The molecule has 1 atom stereocenters. The largest absolute Gasteiger partial charge is 0.377 e. The molecule has 2 rings (SSSR count). The fourth-order valence-electron chi connectivity index (χ4n) is 2.54. The molecule has 1 unspecified atom stereocenters. The highest BCUT2D eigenvalue weighted by molar-refractivity contribution is 4.77. The lowest BCUT2D eigenvalue weighted by Gasteiger charge is -2.37. The minimum atomic E-state index is 0.524. The summed E-state index contributed by atoms with van der Waals surface area (Å²) in [6.07, 6.45) is 3.05. The van der Waals surface area contributed by atoms with Gasteiger partial charge in [0.25, 0.3) is 0 Å². The standard InChI is InChI=1S/C12H24N2O/c1-11(2)14-7-5-13(6-8-14)10-12-4-3-9-15-12/h11-12H,3-10H2,1-2H3. The summed E-state index contributed by atoms with van der Waals surface area (Å²) in [7, 11) is 0. The molecule has 0 amide bonds. The number of ether oxygens (including phenoxy) is 1. The molecule has 2 aliphatic rings. The topological polar surface area (TPSA) is 15.7 Å². The predicted octanol–water partition coefficient (Wildman–Crippen LogP) is 1.19. The van der Waals surface area contributed by atoms with Gasteiger partial charge < -0.3 is 4.74 Å². The Hall–Kier alpha value is -0.120. The van der Waals surface area contributed by atoms with Gasteiger partial charge in [-0.15, -0.1) is 0 Å². The van der Waals surface area contributed by atoms with Crippen molar-refractivity contribution in [2.45, 2.75) is 38.8 Å². The maximum atomic E-state index is 5.67. The SMILES string of the molecule is CC(C)N1CCN(CC2CCCO2)CC1. The van der Waals surface area contributed by atoms with Gasteiger partial charge in [-0.3, -0.25) is 9.80 Å². The Morgan fingerprint density at radius 1 is 1.20 bits per heavy atom. The van der Waals surface area contributed by atoms with Gasteiger partial charge in [0.05, 0.1) is 6.10 Å². The van der Waals surface area contributed by atoms with Crippen LogP contribution in [0.4, 0.5) is 0 Å². The molecule has 0 spiro atoms. The van der Waals surface area contributed by atoms with Crippen molar-refractivity contribution in [1.29, 1.82) is 0 Å². The molecule has 2 aliphatic heterocycles. The quantitative estimate of drug-likeness (QED) is 0.699. The molecule has 0 aliphatic carbocycles. The highest BCUT2D eigenvalue weighted by Crippen LogP contribution is 2.14. The lowest BCUT2D eigenvalue weighted by Crippen LogP contribution is -2.50. The van der Waals surface area contributed by atoms with Crippen molar-refractivity contribution in [2.75, 3.05) is 39.3 Å². The minimum Gasteiger partial charge on any atom is -0.377 e. The molecule has 88 valence electrons. The van der Waals surface area contributed by atoms with Crippen LogP contribution in [0, 0.1) is 0 Å². The summed E-state index contributed by atoms with van der Waals surface area (Å²) in [5.41, 5.74) is 0. The predicted molar refractivity (Wildman–Crippen MR) is 62.1 cm³/mol. The van der Waals surface area contributed by atoms with E-state index < -0.39 is 0 Å². The Labute approximate surface area is 93.4 Å². The molecule has 2 saturated heterocycles. The molecule has 3 nitrogen and oxygen atoms in total. The van der Waals surface area contributed by atoms with E-state index in [1.165, 1.54) is 39.0 Å². The van der Waals surface area contributed by atoms with Crippen molar-refractivity contribution >= 4 is 0 Å². The fraction of sp³-hybridized carbons (Fsp3) is 1.00. The number of hydrogen-bond acceptors (Lipinski definition) is 3. The van der Waals surface area contributed by atoms with Gasteiger partial charge in [-0.2, -0.15) is 0 Å². The van der Waals surface area contributed by atoms with E-state index in [9.17, 15) is 0 Å². The second kappa shape index (κ2) is 5.28. The van der Waals surface area contributed by atoms with E-state index in [1.807, 2.05) is 0 Å². The first-order valence-electron chi connectivity index (χ1n) is 6.33. The van der Waals surface area contributed by atoms with Crippen molar-refractivity contribution in [2.24, 2.45) is 0 Å². The highest BCUT2D eigenvalue weighted by Gasteiger charge is 2.23. The van der Waals surface area contributed by atoms with Gasteiger partial charge in [0.2, 0.25) is 0 Å². The molecular weight excluding hydrogens is 188 g/mol. The monoisotopic (exact) mass is 212 g/mol. The van der Waals surface area contributed by atoms with Crippen LogP contribution >= 0.6 is 0 Å².